The van der Waals surface area contributed by atoms with Crippen molar-refractivity contribution in [2.45, 2.75) is 69.3 Å². The molecule has 1 atom stereocenters. The molecule has 0 aliphatic carbocycles. The highest BCUT2D eigenvalue weighted by Gasteiger charge is 2.33. The highest BCUT2D eigenvalue weighted by atomic mass is 32.2. The van der Waals surface area contributed by atoms with Gasteiger partial charge in [0.1, 0.15) is 18.5 Å². The van der Waals surface area contributed by atoms with E-state index in [1.54, 1.807) is 23.1 Å². The van der Waals surface area contributed by atoms with Gasteiger partial charge in [0.05, 0.1) is 18.0 Å². The Labute approximate surface area is 230 Å². The number of nitrogens with two attached hydrogens (primary N) is 1. The van der Waals surface area contributed by atoms with Crippen molar-refractivity contribution in [3.05, 3.63) is 59.2 Å². The van der Waals surface area contributed by atoms with Gasteiger partial charge in [0.2, 0.25) is 15.8 Å². The van der Waals surface area contributed by atoms with Crippen LogP contribution in [0.1, 0.15) is 62.3 Å². The van der Waals surface area contributed by atoms with Crippen LogP contribution in [0.15, 0.2) is 47.4 Å². The number of sulfonamides is 1. The molecule has 1 amide bonds. The van der Waals surface area contributed by atoms with Gasteiger partial charge in [0, 0.05) is 39.0 Å². The monoisotopic (exact) mass is 556 g/mol. The maximum atomic E-state index is 12.4. The molecule has 0 saturated carbocycles. The van der Waals surface area contributed by atoms with E-state index >= 15 is 0 Å². The lowest BCUT2D eigenvalue weighted by Gasteiger charge is -2.32. The van der Waals surface area contributed by atoms with E-state index in [1.807, 2.05) is 32.0 Å². The Kier molecular flexibility index (Phi) is 9.51. The van der Waals surface area contributed by atoms with Crippen LogP contribution in [0.4, 0.5) is 4.79 Å². The third-order valence-electron chi connectivity index (χ3n) is 6.60. The van der Waals surface area contributed by atoms with E-state index in [9.17, 15) is 13.2 Å². The van der Waals surface area contributed by atoms with Crippen LogP contribution < -0.4 is 9.88 Å². The number of nitrogens with zero attached hydrogens (tertiary/aromatic N) is 1. The van der Waals surface area contributed by atoms with Crippen molar-refractivity contribution in [1.82, 2.24) is 4.90 Å². The third-order valence-corrected chi connectivity index (χ3v) is 7.61. The normalized spacial score (nSPS) is 18.1. The first kappa shape index (κ1) is 28.9. The molecule has 0 bridgehead atoms. The van der Waals surface area contributed by atoms with Crippen LogP contribution in [0.3, 0.4) is 0 Å². The first-order valence-electron chi connectivity index (χ1n) is 13.2. The Balaban J connectivity index is 1.09. The minimum Gasteiger partial charge on any atom is -0.463 e. The summed E-state index contributed by atoms with van der Waals surface area (Å²) >= 11 is 0. The number of hydrogen-bond donors (Lipinski definition) is 1. The maximum absolute atomic E-state index is 12.4. The number of rotatable bonds is 11. The molecule has 2 aromatic carbocycles. The van der Waals surface area contributed by atoms with Gasteiger partial charge in [-0.2, -0.15) is 0 Å². The van der Waals surface area contributed by atoms with Crippen LogP contribution in [-0.4, -0.2) is 51.5 Å². The molecule has 39 heavy (non-hydrogen) atoms. The van der Waals surface area contributed by atoms with Gasteiger partial charge in [-0.05, 0) is 42.2 Å². The second-order valence-corrected chi connectivity index (χ2v) is 11.7. The molecular formula is C29H36N2O7S. The third kappa shape index (κ3) is 8.19. The standard InChI is InChI=1S/C29H36N2O7S/c1-29(2)36-21-24-19-23(14-15-25(24)38-29)26-20-31(28(32)37-26)16-8-3-4-9-17-35-18-10-7-12-22-11-5-6-13-27(22)39(30,33)34/h5-6,11,13-15,19,26H,3-4,8-9,12,16-18,20-21H2,1-2H3,(H2,30,33,34). The predicted octanol–water partition coefficient (Wildman–Crippen LogP) is 4.30. The van der Waals surface area contributed by atoms with Crippen molar-refractivity contribution >= 4 is 16.1 Å². The van der Waals surface area contributed by atoms with Gasteiger partial charge < -0.3 is 23.8 Å². The second-order valence-electron chi connectivity index (χ2n) is 10.1. The molecule has 4 rings (SSSR count). The van der Waals surface area contributed by atoms with Crippen molar-refractivity contribution in [2.24, 2.45) is 5.14 Å². The van der Waals surface area contributed by atoms with Gasteiger partial charge >= 0.3 is 6.09 Å². The van der Waals surface area contributed by atoms with Gasteiger partial charge in [0.25, 0.3) is 0 Å². The number of carbonyl (C=O) groups excluding carboxylic acids is 1. The minimum absolute atomic E-state index is 0.103. The zero-order valence-electron chi connectivity index (χ0n) is 22.5. The van der Waals surface area contributed by atoms with Gasteiger partial charge in [-0.3, -0.25) is 0 Å². The molecule has 2 heterocycles. The van der Waals surface area contributed by atoms with E-state index in [-0.39, 0.29) is 23.7 Å². The number of primary sulfonamides is 1. The first-order chi connectivity index (χ1) is 18.6. The topological polar surface area (TPSA) is 117 Å². The Morgan fingerprint density at radius 3 is 2.72 bits per heavy atom. The zero-order valence-corrected chi connectivity index (χ0v) is 23.3. The molecule has 210 valence electrons. The van der Waals surface area contributed by atoms with Crippen LogP contribution >= 0.6 is 0 Å². The fourth-order valence-electron chi connectivity index (χ4n) is 4.54. The summed E-state index contributed by atoms with van der Waals surface area (Å²) in [5.41, 5.74) is 2.49. The van der Waals surface area contributed by atoms with Crippen molar-refractivity contribution in [2.75, 3.05) is 26.3 Å². The number of hydrogen-bond acceptors (Lipinski definition) is 7. The largest absolute Gasteiger partial charge is 0.463 e. The summed E-state index contributed by atoms with van der Waals surface area (Å²) in [6.07, 6.45) is 3.49. The minimum atomic E-state index is -3.76. The van der Waals surface area contributed by atoms with E-state index in [1.165, 1.54) is 6.07 Å². The summed E-state index contributed by atoms with van der Waals surface area (Å²) < 4.78 is 46.0. The number of ether oxygens (including phenoxy) is 4. The lowest BCUT2D eigenvalue weighted by atomic mass is 10.0. The molecule has 2 aromatic rings. The van der Waals surface area contributed by atoms with E-state index < -0.39 is 15.8 Å². The summed E-state index contributed by atoms with van der Waals surface area (Å²) in [5, 5.41) is 5.24. The van der Waals surface area contributed by atoms with Gasteiger partial charge in [-0.1, -0.05) is 48.9 Å². The van der Waals surface area contributed by atoms with Crippen LogP contribution in [0.5, 0.6) is 5.75 Å². The molecule has 1 fully saturated rings. The second kappa shape index (κ2) is 12.8. The lowest BCUT2D eigenvalue weighted by molar-refractivity contribution is -0.180. The molecule has 2 N–H and O–H groups in total. The van der Waals surface area contributed by atoms with Crippen LogP contribution in [0.25, 0.3) is 0 Å². The number of amides is 1. The number of unbranched alkanes of at least 4 members (excludes halogenated alkanes) is 3. The Hall–Kier alpha value is -3.10. The number of fused-ring (bicyclic) bond motifs is 1. The summed E-state index contributed by atoms with van der Waals surface area (Å²) in [6, 6.07) is 12.5. The summed E-state index contributed by atoms with van der Waals surface area (Å²) in [4.78, 5) is 14.2. The smallest absolute Gasteiger partial charge is 0.410 e. The molecule has 9 nitrogen and oxygen atoms in total. The van der Waals surface area contributed by atoms with Crippen molar-refractivity contribution in [3.63, 3.8) is 0 Å². The van der Waals surface area contributed by atoms with E-state index in [2.05, 4.69) is 11.8 Å². The number of benzene rings is 2. The SMILES string of the molecule is CC1(C)OCc2cc(C3CN(CCCCCCOCC#CCc4ccccc4S(N)(=O)=O)C(=O)O3)ccc2O1. The molecule has 2 aliphatic rings. The van der Waals surface area contributed by atoms with Crippen LogP contribution in [0, 0.1) is 11.8 Å². The average Bonchev–Trinajstić information content (AvgIpc) is 3.26. The zero-order chi connectivity index (χ0) is 27.9. The molecule has 0 spiro atoms. The lowest BCUT2D eigenvalue weighted by Crippen LogP contribution is -2.35. The molecule has 2 aliphatic heterocycles. The molecule has 10 heteroatoms. The summed E-state index contributed by atoms with van der Waals surface area (Å²) in [6.45, 7) is 6.31. The molecular weight excluding hydrogens is 520 g/mol. The quantitative estimate of drug-likeness (QED) is 0.324. The number of cyclic esters (lactones) is 1. The van der Waals surface area contributed by atoms with Crippen molar-refractivity contribution in [1.29, 1.82) is 0 Å². The summed E-state index contributed by atoms with van der Waals surface area (Å²) in [7, 11) is -3.76. The van der Waals surface area contributed by atoms with Crippen molar-refractivity contribution < 1.29 is 32.2 Å². The maximum Gasteiger partial charge on any atom is 0.410 e. The van der Waals surface area contributed by atoms with Gasteiger partial charge in [0.15, 0.2) is 0 Å². The van der Waals surface area contributed by atoms with Gasteiger partial charge in [-0.25, -0.2) is 18.4 Å². The van der Waals surface area contributed by atoms with E-state index in [0.717, 1.165) is 42.6 Å². The fourth-order valence-corrected chi connectivity index (χ4v) is 5.32. The average molecular weight is 557 g/mol. The van der Waals surface area contributed by atoms with E-state index in [4.69, 9.17) is 24.1 Å². The molecule has 1 saturated heterocycles. The Bertz CT molecular complexity index is 1330. The highest BCUT2D eigenvalue weighted by molar-refractivity contribution is 7.89. The number of carbonyl (C=O) groups is 1. The predicted molar refractivity (Wildman–Crippen MR) is 145 cm³/mol. The molecule has 0 radical (unpaired) electrons. The highest BCUT2D eigenvalue weighted by Crippen LogP contribution is 2.35. The first-order valence-corrected chi connectivity index (χ1v) is 14.7. The van der Waals surface area contributed by atoms with Gasteiger partial charge in [-0.15, -0.1) is 0 Å². The molecule has 0 aromatic heterocycles. The Morgan fingerprint density at radius 1 is 1.10 bits per heavy atom. The van der Waals surface area contributed by atoms with Crippen LogP contribution in [-0.2, 0) is 37.3 Å². The van der Waals surface area contributed by atoms with Crippen LogP contribution in [0.2, 0.25) is 0 Å². The van der Waals surface area contributed by atoms with Crippen molar-refractivity contribution in [3.8, 4) is 17.6 Å². The van der Waals surface area contributed by atoms with E-state index in [0.29, 0.717) is 38.3 Å². The summed E-state index contributed by atoms with van der Waals surface area (Å²) in [5.74, 6) is 6.02. The Morgan fingerprint density at radius 2 is 1.90 bits per heavy atom. The fraction of sp³-hybridized carbons (Fsp3) is 0.483. The molecule has 1 unspecified atom stereocenters.